The normalized spacial score (nSPS) is 10.5. The number of hydrogen-bond acceptors (Lipinski definition) is 6. The molecule has 0 aliphatic heterocycles. The lowest BCUT2D eigenvalue weighted by Gasteiger charge is -2.11. The van der Waals surface area contributed by atoms with E-state index in [9.17, 15) is 9.59 Å². The number of halogens is 1. The van der Waals surface area contributed by atoms with Gasteiger partial charge in [0.2, 0.25) is 11.8 Å². The van der Waals surface area contributed by atoms with Crippen LogP contribution in [0.5, 0.6) is 17.2 Å². The molecule has 2 aromatic carbocycles. The van der Waals surface area contributed by atoms with Crippen LogP contribution in [-0.4, -0.2) is 38.9 Å². The van der Waals surface area contributed by atoms with E-state index < -0.39 is 0 Å². The standard InChI is InChI=1S/C21H24BrN3O5/c1-4-30-21-17(22)11-14(12-18(21)29-3)13-23-25-20(27)10-9-19(26)24-15-5-7-16(28-2)8-6-15/h5-8,11-13H,4,9-10H2,1-3H3,(H,24,26)(H,25,27). The van der Waals surface area contributed by atoms with E-state index in [0.717, 1.165) is 0 Å². The van der Waals surface area contributed by atoms with E-state index in [0.29, 0.717) is 39.6 Å². The maximum Gasteiger partial charge on any atom is 0.240 e. The van der Waals surface area contributed by atoms with Crippen LogP contribution in [0.15, 0.2) is 46.0 Å². The number of anilines is 1. The van der Waals surface area contributed by atoms with E-state index in [1.807, 2.05) is 6.92 Å². The third-order valence-corrected chi connectivity index (χ3v) is 4.49. The van der Waals surface area contributed by atoms with Crippen LogP contribution in [0.25, 0.3) is 0 Å². The zero-order valence-electron chi connectivity index (χ0n) is 17.0. The van der Waals surface area contributed by atoms with E-state index >= 15 is 0 Å². The van der Waals surface area contributed by atoms with Crippen LogP contribution in [0, 0.1) is 0 Å². The van der Waals surface area contributed by atoms with Crippen LogP contribution in [0.3, 0.4) is 0 Å². The minimum atomic E-state index is -0.368. The van der Waals surface area contributed by atoms with E-state index in [2.05, 4.69) is 31.8 Å². The average molecular weight is 478 g/mol. The summed E-state index contributed by atoms with van der Waals surface area (Å²) in [6.07, 6.45) is 1.53. The molecule has 0 spiro atoms. The Morgan fingerprint density at radius 1 is 1.07 bits per heavy atom. The molecule has 0 saturated carbocycles. The van der Waals surface area contributed by atoms with Crippen molar-refractivity contribution in [2.45, 2.75) is 19.8 Å². The highest BCUT2D eigenvalue weighted by molar-refractivity contribution is 9.10. The SMILES string of the molecule is CCOc1c(Br)cc(C=NNC(=O)CCC(=O)Nc2ccc(OC)cc2)cc1OC. The highest BCUT2D eigenvalue weighted by atomic mass is 79.9. The van der Waals surface area contributed by atoms with Crippen molar-refractivity contribution in [3.05, 3.63) is 46.4 Å². The van der Waals surface area contributed by atoms with Gasteiger partial charge in [0, 0.05) is 18.5 Å². The summed E-state index contributed by atoms with van der Waals surface area (Å²) >= 11 is 3.43. The monoisotopic (exact) mass is 477 g/mol. The van der Waals surface area contributed by atoms with Crippen molar-refractivity contribution in [3.8, 4) is 17.2 Å². The van der Waals surface area contributed by atoms with Crippen LogP contribution < -0.4 is 25.0 Å². The molecule has 0 atom stereocenters. The molecule has 2 amide bonds. The molecule has 2 N–H and O–H groups in total. The Balaban J connectivity index is 1.83. The van der Waals surface area contributed by atoms with Gasteiger partial charge in [-0.05, 0) is 64.8 Å². The Kier molecular flexibility index (Phi) is 9.14. The Hall–Kier alpha value is -3.07. The molecule has 0 aromatic heterocycles. The van der Waals surface area contributed by atoms with Crippen LogP contribution in [-0.2, 0) is 9.59 Å². The number of methoxy groups -OCH3 is 2. The van der Waals surface area contributed by atoms with Crippen LogP contribution >= 0.6 is 15.9 Å². The minimum absolute atomic E-state index is 0.00955. The molecule has 160 valence electrons. The summed E-state index contributed by atoms with van der Waals surface area (Å²) in [7, 11) is 3.11. The zero-order chi connectivity index (χ0) is 21.9. The van der Waals surface area contributed by atoms with Gasteiger partial charge in [-0.15, -0.1) is 0 Å². The maximum atomic E-state index is 12.0. The Labute approximate surface area is 183 Å². The van der Waals surface area contributed by atoms with E-state index in [-0.39, 0.29) is 24.7 Å². The number of benzene rings is 2. The predicted octanol–water partition coefficient (Wildman–Crippen LogP) is 3.73. The Bertz CT molecular complexity index is 900. The molecule has 2 rings (SSSR count). The highest BCUT2D eigenvalue weighted by Crippen LogP contribution is 2.36. The number of hydrogen-bond donors (Lipinski definition) is 2. The van der Waals surface area contributed by atoms with Crippen molar-refractivity contribution in [2.24, 2.45) is 5.10 Å². The molecule has 9 heteroatoms. The lowest BCUT2D eigenvalue weighted by molar-refractivity contribution is -0.124. The molecule has 0 saturated heterocycles. The number of carbonyl (C=O) groups is 2. The fourth-order valence-corrected chi connectivity index (χ4v) is 3.03. The van der Waals surface area contributed by atoms with Gasteiger partial charge in [-0.2, -0.15) is 5.10 Å². The van der Waals surface area contributed by atoms with Crippen molar-refractivity contribution in [2.75, 3.05) is 26.1 Å². The average Bonchev–Trinajstić information content (AvgIpc) is 2.74. The topological polar surface area (TPSA) is 98.2 Å². The van der Waals surface area contributed by atoms with Gasteiger partial charge in [-0.1, -0.05) is 0 Å². The first-order chi connectivity index (χ1) is 14.5. The molecule has 0 bridgehead atoms. The molecule has 8 nitrogen and oxygen atoms in total. The van der Waals surface area contributed by atoms with Gasteiger partial charge >= 0.3 is 0 Å². The second-order valence-electron chi connectivity index (χ2n) is 6.04. The van der Waals surface area contributed by atoms with Crippen molar-refractivity contribution in [1.82, 2.24) is 5.43 Å². The maximum absolute atomic E-state index is 12.0. The van der Waals surface area contributed by atoms with Crippen molar-refractivity contribution in [1.29, 1.82) is 0 Å². The molecule has 0 fully saturated rings. The lowest BCUT2D eigenvalue weighted by atomic mass is 10.2. The van der Waals surface area contributed by atoms with Crippen molar-refractivity contribution >= 4 is 39.6 Å². The first-order valence-corrected chi connectivity index (χ1v) is 10.0. The molecule has 0 heterocycles. The van der Waals surface area contributed by atoms with E-state index in [1.165, 1.54) is 6.21 Å². The van der Waals surface area contributed by atoms with Crippen molar-refractivity contribution in [3.63, 3.8) is 0 Å². The predicted molar refractivity (Wildman–Crippen MR) is 118 cm³/mol. The lowest BCUT2D eigenvalue weighted by Crippen LogP contribution is -2.20. The first kappa shape index (κ1) is 23.2. The van der Waals surface area contributed by atoms with Gasteiger partial charge in [0.15, 0.2) is 11.5 Å². The molecule has 0 unspecified atom stereocenters. The smallest absolute Gasteiger partial charge is 0.240 e. The van der Waals surface area contributed by atoms with Gasteiger partial charge in [0.25, 0.3) is 0 Å². The van der Waals surface area contributed by atoms with Gasteiger partial charge in [-0.3, -0.25) is 9.59 Å². The molecule has 0 aliphatic rings. The summed E-state index contributed by atoms with van der Waals surface area (Å²) in [6, 6.07) is 10.5. The summed E-state index contributed by atoms with van der Waals surface area (Å²) in [4.78, 5) is 23.9. The van der Waals surface area contributed by atoms with Gasteiger partial charge < -0.3 is 19.5 Å². The number of ether oxygens (including phenoxy) is 3. The fraction of sp³-hybridized carbons (Fsp3) is 0.286. The number of carbonyl (C=O) groups excluding carboxylic acids is 2. The fourth-order valence-electron chi connectivity index (χ4n) is 2.46. The molecule has 30 heavy (non-hydrogen) atoms. The van der Waals surface area contributed by atoms with Gasteiger partial charge in [-0.25, -0.2) is 5.43 Å². The summed E-state index contributed by atoms with van der Waals surface area (Å²) in [5, 5.41) is 6.65. The molecule has 0 aliphatic carbocycles. The number of nitrogens with zero attached hydrogens (tertiary/aromatic N) is 1. The summed E-state index contributed by atoms with van der Waals surface area (Å²) in [5.41, 5.74) is 3.75. The minimum Gasteiger partial charge on any atom is -0.497 e. The Morgan fingerprint density at radius 2 is 1.77 bits per heavy atom. The Morgan fingerprint density at radius 3 is 2.40 bits per heavy atom. The second-order valence-corrected chi connectivity index (χ2v) is 6.89. The number of amides is 2. The zero-order valence-corrected chi connectivity index (χ0v) is 18.6. The quantitative estimate of drug-likeness (QED) is 0.401. The molecule has 2 aromatic rings. The van der Waals surface area contributed by atoms with Crippen LogP contribution in [0.1, 0.15) is 25.3 Å². The van der Waals surface area contributed by atoms with Gasteiger partial charge in [0.1, 0.15) is 5.75 Å². The van der Waals surface area contributed by atoms with E-state index in [4.69, 9.17) is 14.2 Å². The van der Waals surface area contributed by atoms with Gasteiger partial charge in [0.05, 0.1) is 31.5 Å². The van der Waals surface area contributed by atoms with E-state index in [1.54, 1.807) is 50.6 Å². The molecular weight excluding hydrogens is 454 g/mol. The van der Waals surface area contributed by atoms with Crippen molar-refractivity contribution < 1.29 is 23.8 Å². The number of nitrogens with one attached hydrogen (secondary N) is 2. The summed E-state index contributed by atoms with van der Waals surface area (Å²) in [5.74, 6) is 1.22. The molecular formula is C21H24BrN3O5. The third kappa shape index (κ3) is 7.07. The summed E-state index contributed by atoms with van der Waals surface area (Å²) < 4.78 is 16.6. The first-order valence-electron chi connectivity index (χ1n) is 9.23. The number of rotatable bonds is 10. The number of hydrazone groups is 1. The molecule has 0 radical (unpaired) electrons. The van der Waals surface area contributed by atoms with Crippen LogP contribution in [0.2, 0.25) is 0 Å². The second kappa shape index (κ2) is 11.8. The summed E-state index contributed by atoms with van der Waals surface area (Å²) in [6.45, 7) is 2.39. The third-order valence-electron chi connectivity index (χ3n) is 3.90. The largest absolute Gasteiger partial charge is 0.497 e. The highest BCUT2D eigenvalue weighted by Gasteiger charge is 2.11. The van der Waals surface area contributed by atoms with Crippen LogP contribution in [0.4, 0.5) is 5.69 Å².